The summed E-state index contributed by atoms with van der Waals surface area (Å²) in [4.78, 5) is 12.6. The lowest BCUT2D eigenvalue weighted by molar-refractivity contribution is 0.0161. The van der Waals surface area contributed by atoms with Gasteiger partial charge in [0.15, 0.2) is 6.23 Å². The molecule has 1 saturated heterocycles. The van der Waals surface area contributed by atoms with Gasteiger partial charge in [-0.05, 0) is 12.8 Å². The molecule has 2 aliphatic rings. The average molecular weight is 170 g/mol. The molecule has 0 aromatic rings. The van der Waals surface area contributed by atoms with Gasteiger partial charge in [-0.25, -0.2) is 4.79 Å². The molecule has 2 rings (SSSR count). The van der Waals surface area contributed by atoms with Crippen LogP contribution in [-0.2, 0) is 0 Å². The molecule has 4 nitrogen and oxygen atoms in total. The van der Waals surface area contributed by atoms with Crippen LogP contribution in [0.3, 0.4) is 0 Å². The first kappa shape index (κ1) is 7.86. The Kier molecular flexibility index (Phi) is 1.54. The second kappa shape index (κ2) is 2.36. The minimum atomic E-state index is -0.632. The lowest BCUT2D eigenvalue weighted by Gasteiger charge is -2.27. The Labute approximate surface area is 71.5 Å². The predicted molar refractivity (Wildman–Crippen MR) is 43.5 cm³/mol. The predicted octanol–water partition coefficient (Wildman–Crippen LogP) is 0.273. The molecule has 2 fully saturated rings. The van der Waals surface area contributed by atoms with E-state index in [1.807, 2.05) is 0 Å². The van der Waals surface area contributed by atoms with Crippen LogP contribution in [0, 0.1) is 0 Å². The topological polar surface area (TPSA) is 52.6 Å². The minimum Gasteiger partial charge on any atom is -0.371 e. The molecule has 0 aromatic carbocycles. The molecule has 0 aromatic heterocycles. The van der Waals surface area contributed by atoms with Crippen LogP contribution >= 0.6 is 0 Å². The first-order valence-electron chi connectivity index (χ1n) is 4.39. The van der Waals surface area contributed by atoms with E-state index in [9.17, 15) is 9.90 Å². The van der Waals surface area contributed by atoms with Gasteiger partial charge in [0.25, 0.3) is 0 Å². The molecular weight excluding hydrogens is 156 g/mol. The van der Waals surface area contributed by atoms with Crippen molar-refractivity contribution in [2.45, 2.75) is 37.5 Å². The summed E-state index contributed by atoms with van der Waals surface area (Å²) in [5, 5.41) is 12.6. The summed E-state index contributed by atoms with van der Waals surface area (Å²) in [7, 11) is 1.63. The van der Waals surface area contributed by atoms with Crippen molar-refractivity contribution in [2.24, 2.45) is 0 Å². The summed E-state index contributed by atoms with van der Waals surface area (Å²) in [6.45, 7) is 0. The number of hydrogen-bond acceptors (Lipinski definition) is 2. The van der Waals surface area contributed by atoms with Crippen LogP contribution in [-0.4, -0.2) is 34.9 Å². The Morgan fingerprint density at radius 1 is 1.58 bits per heavy atom. The maximum absolute atomic E-state index is 11.2. The highest BCUT2D eigenvalue weighted by Crippen LogP contribution is 2.36. The molecule has 2 N–H and O–H groups in total. The number of carbonyl (C=O) groups excluding carboxylic acids is 1. The van der Waals surface area contributed by atoms with Gasteiger partial charge in [0.1, 0.15) is 0 Å². The third-order valence-electron chi connectivity index (χ3n) is 3.03. The zero-order valence-corrected chi connectivity index (χ0v) is 7.21. The highest BCUT2D eigenvalue weighted by molar-refractivity contribution is 5.78. The van der Waals surface area contributed by atoms with Gasteiger partial charge in [-0.3, -0.25) is 4.90 Å². The van der Waals surface area contributed by atoms with Crippen LogP contribution in [0.4, 0.5) is 4.79 Å². The quantitative estimate of drug-likeness (QED) is 0.548. The zero-order chi connectivity index (χ0) is 8.77. The van der Waals surface area contributed by atoms with Crippen LogP contribution in [0.2, 0.25) is 0 Å². The highest BCUT2D eigenvalue weighted by Gasteiger charge is 2.50. The van der Waals surface area contributed by atoms with E-state index in [1.165, 1.54) is 4.90 Å². The highest BCUT2D eigenvalue weighted by atomic mass is 16.3. The van der Waals surface area contributed by atoms with Crippen molar-refractivity contribution in [3.05, 3.63) is 0 Å². The number of amides is 2. The maximum Gasteiger partial charge on any atom is 0.319 e. The molecule has 4 heteroatoms. The smallest absolute Gasteiger partial charge is 0.319 e. The largest absolute Gasteiger partial charge is 0.371 e. The Hall–Kier alpha value is -0.770. The van der Waals surface area contributed by atoms with Crippen molar-refractivity contribution in [3.63, 3.8) is 0 Å². The fourth-order valence-corrected chi connectivity index (χ4v) is 2.24. The fourth-order valence-electron chi connectivity index (χ4n) is 2.24. The summed E-state index contributed by atoms with van der Waals surface area (Å²) < 4.78 is 0. The number of aliphatic hydroxyl groups excluding tert-OH is 1. The van der Waals surface area contributed by atoms with Gasteiger partial charge < -0.3 is 10.4 Å². The summed E-state index contributed by atoms with van der Waals surface area (Å²) in [5.41, 5.74) is -0.328. The Morgan fingerprint density at radius 3 is 2.58 bits per heavy atom. The number of carbonyl (C=O) groups is 1. The van der Waals surface area contributed by atoms with Crippen molar-refractivity contribution < 1.29 is 9.90 Å². The normalized spacial score (nSPS) is 33.0. The van der Waals surface area contributed by atoms with Crippen LogP contribution in [0.5, 0.6) is 0 Å². The molecule has 0 bridgehead atoms. The molecule has 1 atom stereocenters. The van der Waals surface area contributed by atoms with Crippen LogP contribution in [0.1, 0.15) is 25.7 Å². The van der Waals surface area contributed by atoms with Crippen molar-refractivity contribution in [1.82, 2.24) is 10.2 Å². The maximum atomic E-state index is 11.2. The zero-order valence-electron chi connectivity index (χ0n) is 7.21. The summed E-state index contributed by atoms with van der Waals surface area (Å²) in [6, 6.07) is -0.149. The van der Waals surface area contributed by atoms with Gasteiger partial charge in [-0.15, -0.1) is 0 Å². The van der Waals surface area contributed by atoms with Crippen molar-refractivity contribution in [2.75, 3.05) is 7.05 Å². The molecule has 1 aliphatic heterocycles. The minimum absolute atomic E-state index is 0.149. The standard InChI is InChI=1S/C8H14N2O2/c1-10-6(11)8(9-7(10)12)4-2-3-5-8/h6,11H,2-5H2,1H3,(H,9,12). The number of nitrogens with one attached hydrogen (secondary N) is 1. The number of likely N-dealkylation sites (N-methyl/N-ethyl adjacent to an activating group) is 1. The van der Waals surface area contributed by atoms with E-state index in [0.717, 1.165) is 25.7 Å². The third kappa shape index (κ3) is 0.843. The van der Waals surface area contributed by atoms with Gasteiger partial charge in [0.2, 0.25) is 0 Å². The lowest BCUT2D eigenvalue weighted by atomic mass is 9.97. The Morgan fingerprint density at radius 2 is 2.17 bits per heavy atom. The van der Waals surface area contributed by atoms with Gasteiger partial charge in [-0.1, -0.05) is 12.8 Å². The monoisotopic (exact) mass is 170 g/mol. The molecule has 1 heterocycles. The van der Waals surface area contributed by atoms with E-state index < -0.39 is 6.23 Å². The van der Waals surface area contributed by atoms with Crippen LogP contribution in [0.15, 0.2) is 0 Å². The summed E-state index contributed by atoms with van der Waals surface area (Å²) >= 11 is 0. The first-order chi connectivity index (χ1) is 5.66. The number of nitrogens with zero attached hydrogens (tertiary/aromatic N) is 1. The van der Waals surface area contributed by atoms with E-state index in [2.05, 4.69) is 5.32 Å². The second-order valence-corrected chi connectivity index (χ2v) is 3.78. The van der Waals surface area contributed by atoms with E-state index in [-0.39, 0.29) is 11.6 Å². The van der Waals surface area contributed by atoms with Crippen molar-refractivity contribution in [3.8, 4) is 0 Å². The Bertz CT molecular complexity index is 211. The molecular formula is C8H14N2O2. The van der Waals surface area contributed by atoms with Crippen molar-refractivity contribution >= 4 is 6.03 Å². The van der Waals surface area contributed by atoms with Crippen LogP contribution in [0.25, 0.3) is 0 Å². The second-order valence-electron chi connectivity index (χ2n) is 3.78. The number of rotatable bonds is 0. The molecule has 2 amide bonds. The fraction of sp³-hybridized carbons (Fsp3) is 0.875. The van der Waals surface area contributed by atoms with Gasteiger partial charge in [0, 0.05) is 7.05 Å². The van der Waals surface area contributed by atoms with Crippen molar-refractivity contribution in [1.29, 1.82) is 0 Å². The summed E-state index contributed by atoms with van der Waals surface area (Å²) in [5.74, 6) is 0. The molecule has 1 spiro atoms. The van der Waals surface area contributed by atoms with Gasteiger partial charge in [0.05, 0.1) is 5.54 Å². The van der Waals surface area contributed by atoms with E-state index in [1.54, 1.807) is 7.05 Å². The lowest BCUT2D eigenvalue weighted by Crippen LogP contribution is -2.47. The average Bonchev–Trinajstić information content (AvgIpc) is 2.57. The van der Waals surface area contributed by atoms with Crippen LogP contribution < -0.4 is 5.32 Å². The number of urea groups is 1. The number of hydrogen-bond donors (Lipinski definition) is 2. The molecule has 68 valence electrons. The summed E-state index contributed by atoms with van der Waals surface area (Å²) in [6.07, 6.45) is 3.39. The molecule has 1 saturated carbocycles. The third-order valence-corrected chi connectivity index (χ3v) is 3.03. The SMILES string of the molecule is CN1C(=O)NC2(CCCC2)C1O. The van der Waals surface area contributed by atoms with E-state index in [4.69, 9.17) is 0 Å². The molecule has 12 heavy (non-hydrogen) atoms. The molecule has 1 aliphatic carbocycles. The Balaban J connectivity index is 2.23. The van der Waals surface area contributed by atoms with E-state index >= 15 is 0 Å². The number of aliphatic hydroxyl groups is 1. The first-order valence-corrected chi connectivity index (χ1v) is 4.39. The molecule has 0 radical (unpaired) electrons. The van der Waals surface area contributed by atoms with Gasteiger partial charge in [-0.2, -0.15) is 0 Å². The molecule has 1 unspecified atom stereocenters. The van der Waals surface area contributed by atoms with E-state index in [0.29, 0.717) is 0 Å². The van der Waals surface area contributed by atoms with Gasteiger partial charge >= 0.3 is 6.03 Å².